The number of benzene rings is 1. The van der Waals surface area contributed by atoms with Crippen molar-refractivity contribution in [1.82, 2.24) is 9.78 Å². The second kappa shape index (κ2) is 4.49. The molecule has 1 aromatic carbocycles. The highest BCUT2D eigenvalue weighted by atomic mass is 15.3. The minimum atomic E-state index is 0.562. The summed E-state index contributed by atoms with van der Waals surface area (Å²) >= 11 is 0. The van der Waals surface area contributed by atoms with Gasteiger partial charge in [-0.05, 0) is 25.0 Å². The maximum atomic E-state index is 5.75. The van der Waals surface area contributed by atoms with Crippen LogP contribution in [-0.2, 0) is 13.1 Å². The van der Waals surface area contributed by atoms with E-state index in [-0.39, 0.29) is 0 Å². The molecule has 3 nitrogen and oxygen atoms in total. The fourth-order valence-electron chi connectivity index (χ4n) is 1.99. The van der Waals surface area contributed by atoms with Crippen LogP contribution in [0.4, 0.5) is 0 Å². The average Bonchev–Trinajstić information content (AvgIpc) is 2.70. The molecule has 84 valence electrons. The van der Waals surface area contributed by atoms with Gasteiger partial charge in [0.2, 0.25) is 0 Å². The van der Waals surface area contributed by atoms with Gasteiger partial charge in [-0.25, -0.2) is 0 Å². The molecule has 16 heavy (non-hydrogen) atoms. The lowest BCUT2D eigenvalue weighted by molar-refractivity contribution is 0.640. The first kappa shape index (κ1) is 10.9. The van der Waals surface area contributed by atoms with Gasteiger partial charge < -0.3 is 5.73 Å². The Hall–Kier alpha value is -1.61. The van der Waals surface area contributed by atoms with Crippen LogP contribution in [0.25, 0.3) is 11.1 Å². The molecule has 0 fully saturated rings. The molecule has 0 saturated carbocycles. The average molecular weight is 215 g/mol. The van der Waals surface area contributed by atoms with Crippen LogP contribution in [0.2, 0.25) is 0 Å². The summed E-state index contributed by atoms with van der Waals surface area (Å²) in [5, 5.41) is 4.36. The lowest BCUT2D eigenvalue weighted by Crippen LogP contribution is -2.00. The summed E-state index contributed by atoms with van der Waals surface area (Å²) in [6, 6.07) is 8.23. The summed E-state index contributed by atoms with van der Waals surface area (Å²) in [6.45, 7) is 5.65. The molecule has 2 rings (SSSR count). The molecular formula is C13H17N3. The summed E-state index contributed by atoms with van der Waals surface area (Å²) < 4.78 is 2.00. The Bertz CT molecular complexity index is 486. The molecule has 0 unspecified atom stereocenters. The van der Waals surface area contributed by atoms with Gasteiger partial charge in [0.15, 0.2) is 0 Å². The first-order valence-corrected chi connectivity index (χ1v) is 5.58. The lowest BCUT2D eigenvalue weighted by atomic mass is 10.0. The van der Waals surface area contributed by atoms with Crippen LogP contribution < -0.4 is 5.73 Å². The number of rotatable bonds is 3. The highest BCUT2D eigenvalue weighted by Gasteiger charge is 2.10. The molecule has 0 aliphatic carbocycles. The van der Waals surface area contributed by atoms with Crippen LogP contribution in [0, 0.1) is 6.92 Å². The van der Waals surface area contributed by atoms with E-state index in [2.05, 4.69) is 31.1 Å². The van der Waals surface area contributed by atoms with E-state index in [0.29, 0.717) is 6.54 Å². The Morgan fingerprint density at radius 2 is 2.00 bits per heavy atom. The highest BCUT2D eigenvalue weighted by molar-refractivity contribution is 5.68. The van der Waals surface area contributed by atoms with Gasteiger partial charge in [0, 0.05) is 24.3 Å². The summed E-state index contributed by atoms with van der Waals surface area (Å²) in [5.74, 6) is 0. The number of aromatic nitrogens is 2. The molecule has 2 aromatic rings. The standard InChI is InChI=1S/C13H17N3/c1-3-16-10(2)13(9-15-16)12-7-5-4-6-11(12)8-14/h4-7,9H,3,8,14H2,1-2H3. The molecule has 0 atom stereocenters. The first-order chi connectivity index (χ1) is 7.77. The van der Waals surface area contributed by atoms with Gasteiger partial charge in [-0.1, -0.05) is 24.3 Å². The maximum Gasteiger partial charge on any atom is 0.0571 e. The van der Waals surface area contributed by atoms with Gasteiger partial charge in [-0.2, -0.15) is 5.10 Å². The van der Waals surface area contributed by atoms with Gasteiger partial charge in [0.25, 0.3) is 0 Å². The molecule has 3 heteroatoms. The topological polar surface area (TPSA) is 43.8 Å². The van der Waals surface area contributed by atoms with Crippen LogP contribution in [0.5, 0.6) is 0 Å². The van der Waals surface area contributed by atoms with E-state index in [1.165, 1.54) is 22.4 Å². The van der Waals surface area contributed by atoms with Gasteiger partial charge >= 0.3 is 0 Å². The van der Waals surface area contributed by atoms with Crippen LogP contribution in [0.3, 0.4) is 0 Å². The Balaban J connectivity index is 2.54. The van der Waals surface area contributed by atoms with Gasteiger partial charge in [-0.3, -0.25) is 4.68 Å². The second-order valence-corrected chi connectivity index (χ2v) is 3.82. The molecule has 0 radical (unpaired) electrons. The molecule has 0 aliphatic heterocycles. The van der Waals surface area contributed by atoms with E-state index >= 15 is 0 Å². The third-order valence-corrected chi connectivity index (χ3v) is 2.93. The summed E-state index contributed by atoms with van der Waals surface area (Å²) in [5.41, 5.74) is 10.5. The Labute approximate surface area is 95.9 Å². The zero-order valence-electron chi connectivity index (χ0n) is 9.77. The van der Waals surface area contributed by atoms with Crippen LogP contribution in [-0.4, -0.2) is 9.78 Å². The predicted molar refractivity (Wildman–Crippen MR) is 66.0 cm³/mol. The Morgan fingerprint density at radius 3 is 2.62 bits per heavy atom. The normalized spacial score (nSPS) is 10.7. The molecule has 0 saturated heterocycles. The Kier molecular flexibility index (Phi) is 3.06. The molecule has 0 spiro atoms. The molecule has 1 heterocycles. The van der Waals surface area contributed by atoms with Gasteiger partial charge in [-0.15, -0.1) is 0 Å². The molecule has 1 aromatic heterocycles. The van der Waals surface area contributed by atoms with Crippen molar-refractivity contribution in [2.24, 2.45) is 5.73 Å². The lowest BCUT2D eigenvalue weighted by Gasteiger charge is -2.07. The van der Waals surface area contributed by atoms with Crippen molar-refractivity contribution < 1.29 is 0 Å². The zero-order chi connectivity index (χ0) is 11.5. The smallest absolute Gasteiger partial charge is 0.0571 e. The number of hydrogen-bond acceptors (Lipinski definition) is 2. The maximum absolute atomic E-state index is 5.75. The number of hydrogen-bond donors (Lipinski definition) is 1. The van der Waals surface area contributed by atoms with E-state index in [1.54, 1.807) is 0 Å². The number of nitrogens with zero attached hydrogens (tertiary/aromatic N) is 2. The second-order valence-electron chi connectivity index (χ2n) is 3.82. The van der Waals surface area contributed by atoms with Gasteiger partial charge in [0.05, 0.1) is 6.20 Å². The van der Waals surface area contributed by atoms with E-state index < -0.39 is 0 Å². The fraction of sp³-hybridized carbons (Fsp3) is 0.308. The van der Waals surface area contributed by atoms with Crippen molar-refractivity contribution in [2.75, 3.05) is 0 Å². The van der Waals surface area contributed by atoms with Crippen molar-refractivity contribution in [2.45, 2.75) is 26.9 Å². The zero-order valence-corrected chi connectivity index (χ0v) is 9.77. The third kappa shape index (κ3) is 1.74. The fourth-order valence-corrected chi connectivity index (χ4v) is 1.99. The predicted octanol–water partition coefficient (Wildman–Crippen LogP) is 2.34. The third-order valence-electron chi connectivity index (χ3n) is 2.93. The first-order valence-electron chi connectivity index (χ1n) is 5.58. The van der Waals surface area contributed by atoms with Crippen molar-refractivity contribution in [3.8, 4) is 11.1 Å². The van der Waals surface area contributed by atoms with E-state index in [9.17, 15) is 0 Å². The largest absolute Gasteiger partial charge is 0.326 e. The molecular weight excluding hydrogens is 198 g/mol. The SMILES string of the molecule is CCn1ncc(-c2ccccc2CN)c1C. The van der Waals surface area contributed by atoms with Crippen LogP contribution in [0.15, 0.2) is 30.5 Å². The quantitative estimate of drug-likeness (QED) is 0.854. The molecule has 0 aliphatic rings. The van der Waals surface area contributed by atoms with E-state index in [1.807, 2.05) is 23.0 Å². The molecule has 2 N–H and O–H groups in total. The monoisotopic (exact) mass is 215 g/mol. The van der Waals surface area contributed by atoms with E-state index in [0.717, 1.165) is 6.54 Å². The minimum absolute atomic E-state index is 0.562. The summed E-state index contributed by atoms with van der Waals surface area (Å²) in [6.07, 6.45) is 1.92. The van der Waals surface area contributed by atoms with Crippen molar-refractivity contribution in [3.63, 3.8) is 0 Å². The number of aryl methyl sites for hydroxylation is 1. The summed E-state index contributed by atoms with van der Waals surface area (Å²) in [7, 11) is 0. The number of nitrogens with two attached hydrogens (primary N) is 1. The molecule has 0 amide bonds. The summed E-state index contributed by atoms with van der Waals surface area (Å²) in [4.78, 5) is 0. The van der Waals surface area contributed by atoms with Crippen LogP contribution >= 0.6 is 0 Å². The highest BCUT2D eigenvalue weighted by Crippen LogP contribution is 2.26. The van der Waals surface area contributed by atoms with E-state index in [4.69, 9.17) is 5.73 Å². The van der Waals surface area contributed by atoms with Crippen molar-refractivity contribution in [1.29, 1.82) is 0 Å². The minimum Gasteiger partial charge on any atom is -0.326 e. The molecule has 0 bridgehead atoms. The van der Waals surface area contributed by atoms with Gasteiger partial charge in [0.1, 0.15) is 0 Å². The Morgan fingerprint density at radius 1 is 1.25 bits per heavy atom. The van der Waals surface area contributed by atoms with Crippen molar-refractivity contribution >= 4 is 0 Å². The van der Waals surface area contributed by atoms with Crippen molar-refractivity contribution in [3.05, 3.63) is 41.7 Å². The van der Waals surface area contributed by atoms with Crippen LogP contribution in [0.1, 0.15) is 18.2 Å².